The Morgan fingerprint density at radius 1 is 1.89 bits per heavy atom. The van der Waals surface area contributed by atoms with Crippen LogP contribution in [-0.2, 0) is 0 Å². The molecule has 1 rings (SSSR count). The molecule has 0 saturated carbocycles. The van der Waals surface area contributed by atoms with Crippen molar-refractivity contribution in [3.63, 3.8) is 0 Å². The first-order valence-electron chi connectivity index (χ1n) is 2.62. The van der Waals surface area contributed by atoms with E-state index in [1.807, 2.05) is 5.43 Å². The number of nitrogens with one attached hydrogen (secondary N) is 1. The van der Waals surface area contributed by atoms with Gasteiger partial charge in [0.25, 0.3) is 0 Å². The van der Waals surface area contributed by atoms with E-state index in [-0.39, 0.29) is 6.03 Å². The van der Waals surface area contributed by atoms with Crippen LogP contribution >= 0.6 is 0 Å². The first kappa shape index (κ1) is 6.03. The molecule has 0 aromatic rings. The summed E-state index contributed by atoms with van der Waals surface area (Å²) < 4.78 is 0. The molecular formula is C4H8N4O. The summed E-state index contributed by atoms with van der Waals surface area (Å²) in [4.78, 5) is 15.8. The van der Waals surface area contributed by atoms with Gasteiger partial charge in [0.05, 0.1) is 12.9 Å². The Labute approximate surface area is 52.5 Å². The lowest BCUT2D eigenvalue weighted by Gasteiger charge is -2.08. The van der Waals surface area contributed by atoms with E-state index in [2.05, 4.69) is 4.99 Å². The van der Waals surface area contributed by atoms with E-state index in [0.717, 1.165) is 0 Å². The molecule has 0 spiro atoms. The molecule has 50 valence electrons. The second-order valence-electron chi connectivity index (χ2n) is 1.66. The summed E-state index contributed by atoms with van der Waals surface area (Å²) in [6.45, 7) is 1.30. The summed E-state index contributed by atoms with van der Waals surface area (Å²) >= 11 is 0. The molecule has 0 aromatic carbocycles. The normalized spacial score (nSPS) is 16.3. The maximum atomic E-state index is 10.6. The van der Waals surface area contributed by atoms with Crippen molar-refractivity contribution >= 4 is 12.4 Å². The zero-order valence-electron chi connectivity index (χ0n) is 4.87. The Balaban J connectivity index is 2.43. The molecule has 1 heterocycles. The molecule has 0 unspecified atom stereocenters. The molecule has 5 heteroatoms. The Hall–Kier alpha value is -1.10. The van der Waals surface area contributed by atoms with E-state index >= 15 is 0 Å². The fourth-order valence-electron chi connectivity index (χ4n) is 0.616. The molecule has 0 aliphatic carbocycles. The highest BCUT2D eigenvalue weighted by Crippen LogP contribution is 1.91. The number of hydrogen-bond donors (Lipinski definition) is 2. The molecule has 1 aliphatic heterocycles. The number of amides is 2. The third kappa shape index (κ3) is 1.17. The minimum atomic E-state index is -0.309. The first-order valence-corrected chi connectivity index (χ1v) is 2.62. The van der Waals surface area contributed by atoms with Crippen molar-refractivity contribution in [2.75, 3.05) is 13.1 Å². The van der Waals surface area contributed by atoms with Crippen LogP contribution in [0.5, 0.6) is 0 Å². The van der Waals surface area contributed by atoms with E-state index in [1.54, 1.807) is 0 Å². The smallest absolute Gasteiger partial charge is 0.282 e. The van der Waals surface area contributed by atoms with Crippen LogP contribution in [0.15, 0.2) is 4.99 Å². The van der Waals surface area contributed by atoms with Crippen LogP contribution in [0.25, 0.3) is 0 Å². The molecule has 0 fully saturated rings. The van der Waals surface area contributed by atoms with Crippen LogP contribution in [-0.4, -0.2) is 30.4 Å². The predicted octanol–water partition coefficient (Wildman–Crippen LogP) is -1.09. The summed E-state index contributed by atoms with van der Waals surface area (Å²) in [5.74, 6) is 4.85. The van der Waals surface area contributed by atoms with Gasteiger partial charge in [0.15, 0.2) is 0 Å². The monoisotopic (exact) mass is 128 g/mol. The van der Waals surface area contributed by atoms with Gasteiger partial charge >= 0.3 is 6.03 Å². The van der Waals surface area contributed by atoms with Gasteiger partial charge in [-0.15, -0.1) is 0 Å². The number of carbonyl (C=O) groups is 1. The number of nitrogens with zero attached hydrogens (tertiary/aromatic N) is 2. The Morgan fingerprint density at radius 2 is 2.67 bits per heavy atom. The molecule has 0 atom stereocenters. The molecule has 3 N–H and O–H groups in total. The van der Waals surface area contributed by atoms with Gasteiger partial charge in [-0.1, -0.05) is 0 Å². The van der Waals surface area contributed by atoms with E-state index in [4.69, 9.17) is 5.84 Å². The van der Waals surface area contributed by atoms with Crippen LogP contribution in [0.4, 0.5) is 4.79 Å². The highest BCUT2D eigenvalue weighted by molar-refractivity contribution is 5.86. The topological polar surface area (TPSA) is 70.7 Å². The fraction of sp³-hybridized carbons (Fsp3) is 0.500. The molecule has 2 amide bonds. The zero-order valence-corrected chi connectivity index (χ0v) is 4.87. The van der Waals surface area contributed by atoms with Crippen molar-refractivity contribution in [2.45, 2.75) is 0 Å². The molecule has 0 radical (unpaired) electrons. The van der Waals surface area contributed by atoms with E-state index in [9.17, 15) is 4.79 Å². The van der Waals surface area contributed by atoms with Crippen molar-refractivity contribution in [1.29, 1.82) is 0 Å². The highest BCUT2D eigenvalue weighted by Gasteiger charge is 2.11. The number of aliphatic imine (C=N–C) groups is 1. The number of hydrazine groups is 1. The van der Waals surface area contributed by atoms with Crippen LogP contribution in [0.2, 0.25) is 0 Å². The lowest BCUT2D eigenvalue weighted by molar-refractivity contribution is 0.224. The van der Waals surface area contributed by atoms with Gasteiger partial charge in [-0.25, -0.2) is 10.6 Å². The second kappa shape index (κ2) is 2.45. The Kier molecular flexibility index (Phi) is 1.64. The maximum Gasteiger partial charge on any atom is 0.336 e. The van der Waals surface area contributed by atoms with Crippen LogP contribution in [0.3, 0.4) is 0 Å². The van der Waals surface area contributed by atoms with Gasteiger partial charge in [-0.2, -0.15) is 0 Å². The predicted molar refractivity (Wildman–Crippen MR) is 32.8 cm³/mol. The van der Waals surface area contributed by atoms with E-state index in [1.165, 1.54) is 11.2 Å². The Morgan fingerprint density at radius 3 is 3.11 bits per heavy atom. The van der Waals surface area contributed by atoms with E-state index in [0.29, 0.717) is 13.1 Å². The van der Waals surface area contributed by atoms with Crippen LogP contribution < -0.4 is 11.3 Å². The van der Waals surface area contributed by atoms with Crippen LogP contribution in [0.1, 0.15) is 0 Å². The highest BCUT2D eigenvalue weighted by atomic mass is 16.2. The molecule has 5 nitrogen and oxygen atoms in total. The summed E-state index contributed by atoms with van der Waals surface area (Å²) in [6, 6.07) is -0.309. The lowest BCUT2D eigenvalue weighted by atomic mass is 10.6. The summed E-state index contributed by atoms with van der Waals surface area (Å²) in [5.41, 5.74) is 2.00. The van der Waals surface area contributed by atoms with Crippen molar-refractivity contribution in [3.05, 3.63) is 0 Å². The van der Waals surface area contributed by atoms with Gasteiger partial charge in [-0.3, -0.25) is 15.3 Å². The SMILES string of the molecule is NNC(=O)N1C=NCC1. The first-order chi connectivity index (χ1) is 4.34. The van der Waals surface area contributed by atoms with Crippen molar-refractivity contribution < 1.29 is 4.79 Å². The summed E-state index contributed by atoms with van der Waals surface area (Å²) in [6.07, 6.45) is 1.47. The zero-order chi connectivity index (χ0) is 6.69. The van der Waals surface area contributed by atoms with E-state index < -0.39 is 0 Å². The van der Waals surface area contributed by atoms with Crippen molar-refractivity contribution in [2.24, 2.45) is 10.8 Å². The van der Waals surface area contributed by atoms with Crippen LogP contribution in [0, 0.1) is 0 Å². The largest absolute Gasteiger partial charge is 0.336 e. The summed E-state index contributed by atoms with van der Waals surface area (Å²) in [7, 11) is 0. The van der Waals surface area contributed by atoms with Gasteiger partial charge in [-0.05, 0) is 0 Å². The molecule has 0 saturated heterocycles. The maximum absolute atomic E-state index is 10.6. The number of nitrogens with two attached hydrogens (primary N) is 1. The molecule has 0 bridgehead atoms. The second-order valence-corrected chi connectivity index (χ2v) is 1.66. The molecule has 9 heavy (non-hydrogen) atoms. The number of rotatable bonds is 0. The van der Waals surface area contributed by atoms with Crippen molar-refractivity contribution in [1.82, 2.24) is 10.3 Å². The summed E-state index contributed by atoms with van der Waals surface area (Å²) in [5, 5.41) is 0. The molecular weight excluding hydrogens is 120 g/mol. The standard InChI is InChI=1S/C4H8N4O/c5-7-4(9)8-2-1-6-3-8/h3H,1-2,5H2,(H,7,9). The Bertz CT molecular complexity index is 144. The van der Waals surface area contributed by atoms with Gasteiger partial charge in [0.2, 0.25) is 0 Å². The van der Waals surface area contributed by atoms with Gasteiger partial charge < -0.3 is 0 Å². The van der Waals surface area contributed by atoms with Gasteiger partial charge in [0.1, 0.15) is 0 Å². The average molecular weight is 128 g/mol. The minimum absolute atomic E-state index is 0.309. The quantitative estimate of drug-likeness (QED) is 0.247. The lowest BCUT2D eigenvalue weighted by Crippen LogP contribution is -2.41. The fourth-order valence-corrected chi connectivity index (χ4v) is 0.616. The van der Waals surface area contributed by atoms with Gasteiger partial charge in [0, 0.05) is 6.54 Å². The van der Waals surface area contributed by atoms with Crippen molar-refractivity contribution in [3.8, 4) is 0 Å². The third-order valence-corrected chi connectivity index (χ3v) is 1.08. The average Bonchev–Trinajstić information content (AvgIpc) is 2.37. The molecule has 1 aliphatic rings. The number of urea groups is 1. The number of hydrogen-bond acceptors (Lipinski definition) is 3. The minimum Gasteiger partial charge on any atom is -0.282 e. The number of carbonyl (C=O) groups excluding carboxylic acids is 1. The third-order valence-electron chi connectivity index (χ3n) is 1.08. The molecule has 0 aromatic heterocycles.